The van der Waals surface area contributed by atoms with Crippen molar-refractivity contribution in [1.82, 2.24) is 9.29 Å². The molecule has 0 radical (unpaired) electrons. The number of nitrogens with zero attached hydrogens (tertiary/aromatic N) is 2. The Bertz CT molecular complexity index is 817. The topological polar surface area (TPSA) is 76.3 Å². The molecule has 2 aromatic rings. The first-order valence-electron chi connectivity index (χ1n) is 8.18. The standard InChI is InChI=1S/C17H23N3O2S2/c1-12-5-4-8-20(16(12)10-18)24(21,22)15-7-3-6-14(9-15)17-19-13(2)11-23-17/h3,6-7,9,11-12,16H,4-5,8,10,18H2,1-2H3. The number of aryl methyl sites for hydroxylation is 1. The smallest absolute Gasteiger partial charge is 0.243 e. The van der Waals surface area contributed by atoms with Gasteiger partial charge in [0, 0.05) is 35.8 Å². The van der Waals surface area contributed by atoms with Crippen LogP contribution in [-0.2, 0) is 10.0 Å². The number of benzene rings is 1. The van der Waals surface area contributed by atoms with Gasteiger partial charge < -0.3 is 5.73 Å². The molecular weight excluding hydrogens is 342 g/mol. The van der Waals surface area contributed by atoms with Crippen LogP contribution in [0.3, 0.4) is 0 Å². The van der Waals surface area contributed by atoms with Gasteiger partial charge in [-0.1, -0.05) is 19.1 Å². The molecule has 0 amide bonds. The van der Waals surface area contributed by atoms with Crippen molar-refractivity contribution in [3.63, 3.8) is 0 Å². The maximum atomic E-state index is 13.1. The minimum atomic E-state index is -3.55. The van der Waals surface area contributed by atoms with Gasteiger partial charge in [0.25, 0.3) is 0 Å². The van der Waals surface area contributed by atoms with Gasteiger partial charge in [0.05, 0.1) is 4.90 Å². The lowest BCUT2D eigenvalue weighted by atomic mass is 9.93. The van der Waals surface area contributed by atoms with Crippen molar-refractivity contribution in [2.24, 2.45) is 11.7 Å². The molecular formula is C17H23N3O2S2. The van der Waals surface area contributed by atoms with Crippen molar-refractivity contribution >= 4 is 21.4 Å². The minimum absolute atomic E-state index is 0.130. The summed E-state index contributed by atoms with van der Waals surface area (Å²) in [7, 11) is -3.55. The van der Waals surface area contributed by atoms with Gasteiger partial charge >= 0.3 is 0 Å². The molecule has 1 aliphatic heterocycles. The maximum absolute atomic E-state index is 13.1. The molecule has 24 heavy (non-hydrogen) atoms. The lowest BCUT2D eigenvalue weighted by Crippen LogP contribution is -2.51. The van der Waals surface area contributed by atoms with Gasteiger partial charge in [-0.2, -0.15) is 4.31 Å². The first-order valence-corrected chi connectivity index (χ1v) is 10.5. The third-order valence-electron chi connectivity index (χ3n) is 4.61. The van der Waals surface area contributed by atoms with E-state index in [0.29, 0.717) is 18.0 Å². The predicted octanol–water partition coefficient (Wildman–Crippen LogP) is 2.87. The second-order valence-electron chi connectivity index (χ2n) is 6.36. The Morgan fingerprint density at radius 3 is 2.88 bits per heavy atom. The molecule has 2 N–H and O–H groups in total. The van der Waals surface area contributed by atoms with E-state index in [0.717, 1.165) is 29.1 Å². The monoisotopic (exact) mass is 365 g/mol. The molecule has 1 aromatic carbocycles. The van der Waals surface area contributed by atoms with Crippen molar-refractivity contribution in [2.75, 3.05) is 13.1 Å². The van der Waals surface area contributed by atoms with Crippen LogP contribution in [0, 0.1) is 12.8 Å². The summed E-state index contributed by atoms with van der Waals surface area (Å²) in [5.41, 5.74) is 7.65. The maximum Gasteiger partial charge on any atom is 0.243 e. The lowest BCUT2D eigenvalue weighted by Gasteiger charge is -2.38. The second-order valence-corrected chi connectivity index (χ2v) is 9.11. The highest BCUT2D eigenvalue weighted by Crippen LogP contribution is 2.31. The first-order chi connectivity index (χ1) is 11.4. The highest BCUT2D eigenvalue weighted by molar-refractivity contribution is 7.89. The summed E-state index contributed by atoms with van der Waals surface area (Å²) in [6, 6.07) is 6.93. The normalized spacial score (nSPS) is 22.6. The Kier molecular flexibility index (Phi) is 5.05. The van der Waals surface area contributed by atoms with Gasteiger partial charge in [-0.25, -0.2) is 13.4 Å². The number of hydrogen-bond donors (Lipinski definition) is 1. The minimum Gasteiger partial charge on any atom is -0.329 e. The number of sulfonamides is 1. The van der Waals surface area contributed by atoms with Gasteiger partial charge in [-0.05, 0) is 37.8 Å². The van der Waals surface area contributed by atoms with Crippen LogP contribution in [0.5, 0.6) is 0 Å². The zero-order valence-corrected chi connectivity index (χ0v) is 15.6. The zero-order chi connectivity index (χ0) is 17.3. The van der Waals surface area contributed by atoms with Gasteiger partial charge in [0.2, 0.25) is 10.0 Å². The molecule has 1 fully saturated rings. The van der Waals surface area contributed by atoms with E-state index in [1.807, 2.05) is 18.4 Å². The summed E-state index contributed by atoms with van der Waals surface area (Å²) < 4.78 is 27.9. The molecule has 0 spiro atoms. The van der Waals surface area contributed by atoms with E-state index < -0.39 is 10.0 Å². The van der Waals surface area contributed by atoms with Crippen molar-refractivity contribution in [3.8, 4) is 10.6 Å². The highest BCUT2D eigenvalue weighted by atomic mass is 32.2. The summed E-state index contributed by atoms with van der Waals surface area (Å²) in [4.78, 5) is 4.77. The van der Waals surface area contributed by atoms with Crippen LogP contribution in [0.2, 0.25) is 0 Å². The lowest BCUT2D eigenvalue weighted by molar-refractivity contribution is 0.192. The number of aromatic nitrogens is 1. The Hall–Kier alpha value is -1.28. The molecule has 2 atom stereocenters. The number of thiazole rings is 1. The fraction of sp³-hybridized carbons (Fsp3) is 0.471. The summed E-state index contributed by atoms with van der Waals surface area (Å²) >= 11 is 1.52. The van der Waals surface area contributed by atoms with Crippen LogP contribution in [0.1, 0.15) is 25.5 Å². The van der Waals surface area contributed by atoms with E-state index in [1.165, 1.54) is 11.3 Å². The van der Waals surface area contributed by atoms with Crippen molar-refractivity contribution in [2.45, 2.75) is 37.6 Å². The number of rotatable bonds is 4. The molecule has 0 bridgehead atoms. The Balaban J connectivity index is 1.98. The van der Waals surface area contributed by atoms with E-state index in [-0.39, 0.29) is 12.0 Å². The van der Waals surface area contributed by atoms with Crippen molar-refractivity contribution < 1.29 is 8.42 Å². The van der Waals surface area contributed by atoms with Gasteiger partial charge in [0.1, 0.15) is 5.01 Å². The van der Waals surface area contributed by atoms with E-state index >= 15 is 0 Å². The molecule has 3 rings (SSSR count). The fourth-order valence-electron chi connectivity index (χ4n) is 3.27. The summed E-state index contributed by atoms with van der Waals surface area (Å²) in [6.45, 7) is 4.90. The average Bonchev–Trinajstić information content (AvgIpc) is 3.01. The Morgan fingerprint density at radius 2 is 2.21 bits per heavy atom. The van der Waals surface area contributed by atoms with E-state index in [4.69, 9.17) is 5.73 Å². The van der Waals surface area contributed by atoms with Gasteiger partial charge in [-0.15, -0.1) is 11.3 Å². The van der Waals surface area contributed by atoms with Gasteiger partial charge in [0.15, 0.2) is 0 Å². The summed E-state index contributed by atoms with van der Waals surface area (Å²) in [5, 5.41) is 2.81. The molecule has 7 heteroatoms. The number of nitrogens with two attached hydrogens (primary N) is 1. The molecule has 5 nitrogen and oxygen atoms in total. The van der Waals surface area contributed by atoms with E-state index in [9.17, 15) is 8.42 Å². The molecule has 0 aliphatic carbocycles. The van der Waals surface area contributed by atoms with E-state index in [2.05, 4.69) is 11.9 Å². The Morgan fingerprint density at radius 1 is 1.42 bits per heavy atom. The van der Waals surface area contributed by atoms with Gasteiger partial charge in [-0.3, -0.25) is 0 Å². The van der Waals surface area contributed by atoms with Crippen LogP contribution in [0.15, 0.2) is 34.5 Å². The van der Waals surface area contributed by atoms with Crippen molar-refractivity contribution in [1.29, 1.82) is 0 Å². The average molecular weight is 366 g/mol. The highest BCUT2D eigenvalue weighted by Gasteiger charge is 2.36. The number of piperidine rings is 1. The second kappa shape index (κ2) is 6.92. The molecule has 2 heterocycles. The Labute approximate surface area is 147 Å². The van der Waals surface area contributed by atoms with Crippen LogP contribution >= 0.6 is 11.3 Å². The van der Waals surface area contributed by atoms with Crippen LogP contribution < -0.4 is 5.73 Å². The molecule has 1 aromatic heterocycles. The SMILES string of the molecule is Cc1csc(-c2cccc(S(=O)(=O)N3CCCC(C)C3CN)c2)n1. The largest absolute Gasteiger partial charge is 0.329 e. The fourth-order valence-corrected chi connectivity index (χ4v) is 5.88. The quantitative estimate of drug-likeness (QED) is 0.904. The third-order valence-corrected chi connectivity index (χ3v) is 7.54. The molecule has 2 unspecified atom stereocenters. The predicted molar refractivity (Wildman–Crippen MR) is 97.4 cm³/mol. The molecule has 0 saturated carbocycles. The summed E-state index contributed by atoms with van der Waals surface area (Å²) in [6.07, 6.45) is 1.90. The number of hydrogen-bond acceptors (Lipinski definition) is 5. The zero-order valence-electron chi connectivity index (χ0n) is 14.0. The third kappa shape index (κ3) is 3.26. The molecule has 1 aliphatic rings. The summed E-state index contributed by atoms with van der Waals surface area (Å²) in [5.74, 6) is 0.281. The first kappa shape index (κ1) is 17.5. The van der Waals surface area contributed by atoms with Crippen molar-refractivity contribution in [3.05, 3.63) is 35.3 Å². The van der Waals surface area contributed by atoms with Crippen LogP contribution in [0.4, 0.5) is 0 Å². The molecule has 130 valence electrons. The molecule has 1 saturated heterocycles. The van der Waals surface area contributed by atoms with Crippen LogP contribution in [0.25, 0.3) is 10.6 Å². The van der Waals surface area contributed by atoms with Crippen LogP contribution in [-0.4, -0.2) is 36.8 Å². The van der Waals surface area contributed by atoms with E-state index in [1.54, 1.807) is 22.5 Å².